The third kappa shape index (κ3) is 7.25. The van der Waals surface area contributed by atoms with Crippen molar-refractivity contribution in [3.63, 3.8) is 0 Å². The van der Waals surface area contributed by atoms with Gasteiger partial charge in [0, 0.05) is 25.7 Å². The third-order valence-corrected chi connectivity index (χ3v) is 5.59. The second kappa shape index (κ2) is 12.7. The van der Waals surface area contributed by atoms with Crippen LogP contribution in [-0.2, 0) is 17.9 Å². The summed E-state index contributed by atoms with van der Waals surface area (Å²) < 4.78 is 17.0. The lowest BCUT2D eigenvalue weighted by atomic mass is 10.1. The van der Waals surface area contributed by atoms with E-state index in [0.717, 1.165) is 11.1 Å². The van der Waals surface area contributed by atoms with Crippen molar-refractivity contribution in [3.8, 4) is 17.2 Å². The lowest BCUT2D eigenvalue weighted by molar-refractivity contribution is -0.129. The molecular weight excluding hydrogens is 428 g/mol. The van der Waals surface area contributed by atoms with Crippen molar-refractivity contribution in [2.45, 2.75) is 39.1 Å². The summed E-state index contributed by atoms with van der Waals surface area (Å²) >= 11 is 0. The fraction of sp³-hybridized carbons (Fsp3) is 0.321. The summed E-state index contributed by atoms with van der Waals surface area (Å²) in [7, 11) is 3.25. The average molecular weight is 463 g/mol. The minimum atomic E-state index is -0.673. The monoisotopic (exact) mass is 462 g/mol. The molecule has 0 saturated carbocycles. The van der Waals surface area contributed by atoms with Gasteiger partial charge < -0.3 is 19.5 Å². The van der Waals surface area contributed by atoms with Crippen molar-refractivity contribution < 1.29 is 19.0 Å². The van der Waals surface area contributed by atoms with Gasteiger partial charge in [0.15, 0.2) is 17.6 Å². The van der Waals surface area contributed by atoms with Crippen molar-refractivity contribution >= 4 is 5.91 Å². The highest BCUT2D eigenvalue weighted by molar-refractivity contribution is 5.81. The number of hydrogen-bond acceptors (Lipinski definition) is 5. The molecule has 6 heteroatoms. The van der Waals surface area contributed by atoms with E-state index in [9.17, 15) is 4.79 Å². The molecule has 0 fully saturated rings. The SMILES string of the molecule is COc1ccc(CN(CC(Oc2ccccc2)C(=O)NCc2ccccc2)C(C)C)cc1OC. The molecule has 0 aliphatic heterocycles. The first kappa shape index (κ1) is 25.1. The number of methoxy groups -OCH3 is 2. The van der Waals surface area contributed by atoms with Gasteiger partial charge in [-0.2, -0.15) is 0 Å². The molecular formula is C28H34N2O4. The molecule has 3 aromatic carbocycles. The van der Waals surface area contributed by atoms with E-state index in [1.165, 1.54) is 0 Å². The maximum Gasteiger partial charge on any atom is 0.262 e. The summed E-state index contributed by atoms with van der Waals surface area (Å²) in [5.41, 5.74) is 2.11. The van der Waals surface area contributed by atoms with Crippen molar-refractivity contribution in [3.05, 3.63) is 90.0 Å². The molecule has 0 aromatic heterocycles. The molecule has 3 aromatic rings. The molecule has 1 atom stereocenters. The van der Waals surface area contributed by atoms with Crippen molar-refractivity contribution in [1.82, 2.24) is 10.2 Å². The van der Waals surface area contributed by atoms with Crippen LogP contribution in [0, 0.1) is 0 Å². The topological polar surface area (TPSA) is 60.0 Å². The maximum absolute atomic E-state index is 13.2. The summed E-state index contributed by atoms with van der Waals surface area (Å²) in [4.78, 5) is 15.4. The van der Waals surface area contributed by atoms with Gasteiger partial charge in [-0.05, 0) is 49.2 Å². The summed E-state index contributed by atoms with van der Waals surface area (Å²) in [5.74, 6) is 1.89. The Morgan fingerprint density at radius 2 is 1.50 bits per heavy atom. The average Bonchev–Trinajstić information content (AvgIpc) is 2.87. The zero-order valence-corrected chi connectivity index (χ0v) is 20.4. The van der Waals surface area contributed by atoms with Gasteiger partial charge >= 0.3 is 0 Å². The van der Waals surface area contributed by atoms with E-state index >= 15 is 0 Å². The smallest absolute Gasteiger partial charge is 0.262 e. The molecule has 34 heavy (non-hydrogen) atoms. The van der Waals surface area contributed by atoms with Crippen LogP contribution in [-0.4, -0.2) is 43.7 Å². The van der Waals surface area contributed by atoms with Crippen LogP contribution in [0.2, 0.25) is 0 Å². The first-order chi connectivity index (χ1) is 16.5. The second-order valence-corrected chi connectivity index (χ2v) is 8.34. The van der Waals surface area contributed by atoms with Gasteiger partial charge in [0.1, 0.15) is 5.75 Å². The van der Waals surface area contributed by atoms with E-state index in [-0.39, 0.29) is 11.9 Å². The molecule has 0 saturated heterocycles. The van der Waals surface area contributed by atoms with E-state index in [1.807, 2.05) is 78.9 Å². The number of carbonyl (C=O) groups excluding carboxylic acids is 1. The highest BCUT2D eigenvalue weighted by atomic mass is 16.5. The fourth-order valence-electron chi connectivity index (χ4n) is 3.62. The zero-order chi connectivity index (χ0) is 24.3. The number of amides is 1. The molecule has 1 N–H and O–H groups in total. The Bertz CT molecular complexity index is 1030. The van der Waals surface area contributed by atoms with E-state index in [1.54, 1.807) is 14.2 Å². The van der Waals surface area contributed by atoms with Crippen LogP contribution < -0.4 is 19.5 Å². The van der Waals surface area contributed by atoms with Gasteiger partial charge in [-0.25, -0.2) is 0 Å². The fourth-order valence-corrected chi connectivity index (χ4v) is 3.62. The van der Waals surface area contributed by atoms with Gasteiger partial charge in [0.2, 0.25) is 0 Å². The second-order valence-electron chi connectivity index (χ2n) is 8.34. The van der Waals surface area contributed by atoms with Crippen molar-refractivity contribution in [1.29, 1.82) is 0 Å². The largest absolute Gasteiger partial charge is 0.493 e. The normalized spacial score (nSPS) is 11.8. The van der Waals surface area contributed by atoms with Gasteiger partial charge in [-0.3, -0.25) is 9.69 Å². The summed E-state index contributed by atoms with van der Waals surface area (Å²) in [5, 5.41) is 3.03. The summed E-state index contributed by atoms with van der Waals surface area (Å²) in [6.07, 6.45) is -0.673. The molecule has 0 heterocycles. The number of carbonyl (C=O) groups is 1. The minimum absolute atomic E-state index is 0.148. The van der Waals surface area contributed by atoms with Crippen LogP contribution in [0.5, 0.6) is 17.2 Å². The Kier molecular flexibility index (Phi) is 9.35. The highest BCUT2D eigenvalue weighted by Crippen LogP contribution is 2.28. The van der Waals surface area contributed by atoms with Crippen LogP contribution in [0.3, 0.4) is 0 Å². The Labute approximate surface area is 202 Å². The number of ether oxygens (including phenoxy) is 3. The van der Waals surface area contributed by atoms with Gasteiger partial charge in [0.25, 0.3) is 5.91 Å². The standard InChI is InChI=1S/C28H34N2O4/c1-21(2)30(19-23-15-16-25(32-3)26(17-23)33-4)20-27(34-24-13-9-6-10-14-24)28(31)29-18-22-11-7-5-8-12-22/h5-17,21,27H,18-20H2,1-4H3,(H,29,31). The minimum Gasteiger partial charge on any atom is -0.493 e. The zero-order valence-electron chi connectivity index (χ0n) is 20.4. The van der Waals surface area contributed by atoms with E-state index in [4.69, 9.17) is 14.2 Å². The number of nitrogens with zero attached hydrogens (tertiary/aromatic N) is 1. The number of para-hydroxylation sites is 1. The number of nitrogens with one attached hydrogen (secondary N) is 1. The highest BCUT2D eigenvalue weighted by Gasteiger charge is 2.25. The van der Waals surface area contributed by atoms with Crippen LogP contribution in [0.25, 0.3) is 0 Å². The number of benzene rings is 3. The Morgan fingerprint density at radius 3 is 2.12 bits per heavy atom. The molecule has 0 bridgehead atoms. The van der Waals surface area contributed by atoms with E-state index in [0.29, 0.717) is 36.9 Å². The maximum atomic E-state index is 13.2. The van der Waals surface area contributed by atoms with Gasteiger partial charge in [0.05, 0.1) is 14.2 Å². The summed E-state index contributed by atoms with van der Waals surface area (Å²) in [6.45, 7) is 5.75. The van der Waals surface area contributed by atoms with Gasteiger partial charge in [-0.1, -0.05) is 54.6 Å². The molecule has 0 aliphatic rings. The number of hydrogen-bond donors (Lipinski definition) is 1. The lowest BCUT2D eigenvalue weighted by Crippen LogP contribution is -2.47. The van der Waals surface area contributed by atoms with Crippen molar-refractivity contribution in [2.75, 3.05) is 20.8 Å². The molecule has 3 rings (SSSR count). The number of rotatable bonds is 12. The third-order valence-electron chi connectivity index (χ3n) is 5.59. The van der Waals surface area contributed by atoms with Gasteiger partial charge in [-0.15, -0.1) is 0 Å². The quantitative estimate of drug-likeness (QED) is 0.424. The summed E-state index contributed by atoms with van der Waals surface area (Å²) in [6, 6.07) is 25.4. The molecule has 180 valence electrons. The Hall–Kier alpha value is -3.51. The van der Waals surface area contributed by atoms with Crippen LogP contribution in [0.4, 0.5) is 0 Å². The van der Waals surface area contributed by atoms with E-state index in [2.05, 4.69) is 24.1 Å². The molecule has 1 amide bonds. The van der Waals surface area contributed by atoms with Crippen molar-refractivity contribution in [2.24, 2.45) is 0 Å². The molecule has 0 radical (unpaired) electrons. The Morgan fingerprint density at radius 1 is 0.853 bits per heavy atom. The molecule has 0 aliphatic carbocycles. The predicted octanol–water partition coefficient (Wildman–Crippen LogP) is 4.68. The van der Waals surface area contributed by atoms with Crippen LogP contribution in [0.15, 0.2) is 78.9 Å². The lowest BCUT2D eigenvalue weighted by Gasteiger charge is -2.30. The molecule has 0 spiro atoms. The Balaban J connectivity index is 1.76. The molecule has 1 unspecified atom stereocenters. The first-order valence-corrected chi connectivity index (χ1v) is 11.5. The van der Waals surface area contributed by atoms with E-state index < -0.39 is 6.10 Å². The van der Waals surface area contributed by atoms with Crippen LogP contribution >= 0.6 is 0 Å². The first-order valence-electron chi connectivity index (χ1n) is 11.5. The predicted molar refractivity (Wildman–Crippen MR) is 134 cm³/mol. The molecule has 6 nitrogen and oxygen atoms in total. The van der Waals surface area contributed by atoms with Crippen LogP contribution in [0.1, 0.15) is 25.0 Å².